The van der Waals surface area contributed by atoms with Crippen LogP contribution in [0.25, 0.3) is 0 Å². The van der Waals surface area contributed by atoms with Gasteiger partial charge >= 0.3 is 0 Å². The summed E-state index contributed by atoms with van der Waals surface area (Å²) in [6.45, 7) is 3.25. The van der Waals surface area contributed by atoms with Crippen molar-refractivity contribution in [3.8, 4) is 0 Å². The predicted molar refractivity (Wildman–Crippen MR) is 97.9 cm³/mol. The van der Waals surface area contributed by atoms with Gasteiger partial charge in [-0.2, -0.15) is 0 Å². The first-order valence-corrected chi connectivity index (χ1v) is 9.50. The highest BCUT2D eigenvalue weighted by molar-refractivity contribution is 5.84. The second kappa shape index (κ2) is 7.38. The lowest BCUT2D eigenvalue weighted by Crippen LogP contribution is -2.42. The number of halogens is 1. The van der Waals surface area contributed by atoms with Gasteiger partial charge in [-0.15, -0.1) is 0 Å². The van der Waals surface area contributed by atoms with E-state index in [0.29, 0.717) is 26.1 Å². The van der Waals surface area contributed by atoms with Crippen molar-refractivity contribution in [1.82, 2.24) is 19.9 Å². The fourth-order valence-corrected chi connectivity index (χ4v) is 4.32. The van der Waals surface area contributed by atoms with E-state index in [0.717, 1.165) is 35.6 Å². The zero-order valence-electron chi connectivity index (χ0n) is 15.8. The standard InChI is InChI=1S/C20H25FN4O2/c1-13-8-17(27-23-13)12-25-10-15(21)9-16(25)11-24(2)20(26)18-6-5-14-4-3-7-22-19(14)18/h3-4,7-8,15-16,18H,5-6,9-12H2,1-2H3/t15-,16-,18?/m0/s1. The third kappa shape index (κ3) is 3.74. The molecule has 0 spiro atoms. The van der Waals surface area contributed by atoms with Crippen LogP contribution in [-0.4, -0.2) is 58.2 Å². The Bertz CT molecular complexity index is 824. The lowest BCUT2D eigenvalue weighted by molar-refractivity contribution is -0.132. The van der Waals surface area contributed by atoms with E-state index < -0.39 is 6.17 Å². The van der Waals surface area contributed by atoms with Crippen LogP contribution in [0.1, 0.15) is 41.5 Å². The number of pyridine rings is 1. The highest BCUT2D eigenvalue weighted by Gasteiger charge is 2.37. The van der Waals surface area contributed by atoms with Crippen molar-refractivity contribution >= 4 is 5.91 Å². The minimum atomic E-state index is -0.878. The number of aromatic nitrogens is 2. The highest BCUT2D eigenvalue weighted by Crippen LogP contribution is 2.33. The van der Waals surface area contributed by atoms with E-state index >= 15 is 0 Å². The number of carbonyl (C=O) groups is 1. The number of alkyl halides is 1. The molecule has 144 valence electrons. The second-order valence-corrected chi connectivity index (χ2v) is 7.71. The zero-order chi connectivity index (χ0) is 19.0. The Kier molecular flexibility index (Phi) is 4.95. The number of hydrogen-bond donors (Lipinski definition) is 0. The number of likely N-dealkylation sites (tertiary alicyclic amines) is 1. The Morgan fingerprint density at radius 3 is 3.11 bits per heavy atom. The summed E-state index contributed by atoms with van der Waals surface area (Å²) in [5.74, 6) is 0.624. The molecule has 6 nitrogen and oxygen atoms in total. The van der Waals surface area contributed by atoms with Gasteiger partial charge in [0.15, 0.2) is 5.76 Å². The number of fused-ring (bicyclic) bond motifs is 1. The minimum Gasteiger partial charge on any atom is -0.360 e. The lowest BCUT2D eigenvalue weighted by atomic mass is 10.0. The van der Waals surface area contributed by atoms with Gasteiger partial charge in [0, 0.05) is 38.4 Å². The average molecular weight is 372 g/mol. The quantitative estimate of drug-likeness (QED) is 0.807. The summed E-state index contributed by atoms with van der Waals surface area (Å²) in [5.41, 5.74) is 2.88. The van der Waals surface area contributed by atoms with Gasteiger partial charge in [0.05, 0.1) is 23.9 Å². The summed E-state index contributed by atoms with van der Waals surface area (Å²) in [7, 11) is 1.81. The third-order valence-electron chi connectivity index (χ3n) is 5.63. The molecule has 0 radical (unpaired) electrons. The molecule has 1 amide bonds. The number of nitrogens with zero attached hydrogens (tertiary/aromatic N) is 4. The Labute approximate surface area is 158 Å². The van der Waals surface area contributed by atoms with Crippen LogP contribution in [0.15, 0.2) is 28.9 Å². The predicted octanol–water partition coefficient (Wildman–Crippen LogP) is 2.48. The molecule has 1 unspecified atom stereocenters. The van der Waals surface area contributed by atoms with Crippen LogP contribution in [0.5, 0.6) is 0 Å². The molecule has 4 rings (SSSR count). The lowest BCUT2D eigenvalue weighted by Gasteiger charge is -2.29. The van der Waals surface area contributed by atoms with Crippen molar-refractivity contribution in [2.45, 2.75) is 50.9 Å². The molecule has 3 atom stereocenters. The number of amides is 1. The van der Waals surface area contributed by atoms with Crippen LogP contribution in [-0.2, 0) is 17.8 Å². The Morgan fingerprint density at radius 1 is 1.48 bits per heavy atom. The van der Waals surface area contributed by atoms with E-state index in [4.69, 9.17) is 4.52 Å². The van der Waals surface area contributed by atoms with E-state index in [-0.39, 0.29) is 17.9 Å². The first-order valence-electron chi connectivity index (χ1n) is 9.50. The molecule has 1 aliphatic heterocycles. The molecule has 1 aliphatic carbocycles. The van der Waals surface area contributed by atoms with Crippen LogP contribution in [0.2, 0.25) is 0 Å². The number of likely N-dealkylation sites (N-methyl/N-ethyl adjacent to an activating group) is 1. The smallest absolute Gasteiger partial charge is 0.231 e. The van der Waals surface area contributed by atoms with Crippen LogP contribution in [0.4, 0.5) is 4.39 Å². The Balaban J connectivity index is 1.42. The van der Waals surface area contributed by atoms with Crippen molar-refractivity contribution in [2.75, 3.05) is 20.1 Å². The molecule has 7 heteroatoms. The van der Waals surface area contributed by atoms with Gasteiger partial charge in [0.1, 0.15) is 6.17 Å². The van der Waals surface area contributed by atoms with Crippen LogP contribution < -0.4 is 0 Å². The molecule has 0 aromatic carbocycles. The largest absolute Gasteiger partial charge is 0.360 e. The van der Waals surface area contributed by atoms with Crippen molar-refractivity contribution in [2.24, 2.45) is 0 Å². The fourth-order valence-electron chi connectivity index (χ4n) is 4.32. The number of hydrogen-bond acceptors (Lipinski definition) is 5. The van der Waals surface area contributed by atoms with Crippen molar-refractivity contribution in [3.05, 3.63) is 47.1 Å². The summed E-state index contributed by atoms with van der Waals surface area (Å²) >= 11 is 0. The Morgan fingerprint density at radius 2 is 2.33 bits per heavy atom. The van der Waals surface area contributed by atoms with Gasteiger partial charge in [-0.3, -0.25) is 14.7 Å². The monoisotopic (exact) mass is 372 g/mol. The fraction of sp³-hybridized carbons (Fsp3) is 0.550. The number of aryl methyl sites for hydroxylation is 2. The van der Waals surface area contributed by atoms with Gasteiger partial charge in [-0.25, -0.2) is 4.39 Å². The van der Waals surface area contributed by atoms with Crippen molar-refractivity contribution < 1.29 is 13.7 Å². The Hall–Kier alpha value is -2.28. The summed E-state index contributed by atoms with van der Waals surface area (Å²) < 4.78 is 19.4. The molecule has 1 fully saturated rings. The summed E-state index contributed by atoms with van der Waals surface area (Å²) in [6, 6.07) is 5.81. The normalized spacial score (nSPS) is 24.9. The van der Waals surface area contributed by atoms with Crippen molar-refractivity contribution in [3.63, 3.8) is 0 Å². The second-order valence-electron chi connectivity index (χ2n) is 7.71. The molecule has 1 saturated heterocycles. The summed E-state index contributed by atoms with van der Waals surface area (Å²) in [4.78, 5) is 21.2. The highest BCUT2D eigenvalue weighted by atomic mass is 19.1. The van der Waals surface area contributed by atoms with Gasteiger partial charge in [-0.1, -0.05) is 11.2 Å². The van der Waals surface area contributed by atoms with Gasteiger partial charge < -0.3 is 9.42 Å². The van der Waals surface area contributed by atoms with Crippen LogP contribution >= 0.6 is 0 Å². The molecule has 0 bridgehead atoms. The van der Waals surface area contributed by atoms with E-state index in [1.807, 2.05) is 32.2 Å². The summed E-state index contributed by atoms with van der Waals surface area (Å²) in [5, 5.41) is 3.90. The molecule has 2 aromatic rings. The van der Waals surface area contributed by atoms with Gasteiger partial charge in [0.25, 0.3) is 0 Å². The van der Waals surface area contributed by atoms with E-state index in [2.05, 4.69) is 15.0 Å². The maximum absolute atomic E-state index is 14.1. The van der Waals surface area contributed by atoms with Crippen LogP contribution in [0.3, 0.4) is 0 Å². The third-order valence-corrected chi connectivity index (χ3v) is 5.63. The van der Waals surface area contributed by atoms with Gasteiger partial charge in [0.2, 0.25) is 5.91 Å². The topological polar surface area (TPSA) is 62.5 Å². The van der Waals surface area contributed by atoms with Crippen LogP contribution in [0, 0.1) is 6.92 Å². The molecule has 2 aliphatic rings. The average Bonchev–Trinajstić information content (AvgIpc) is 3.34. The molecule has 0 saturated carbocycles. The summed E-state index contributed by atoms with van der Waals surface area (Å²) in [6.07, 6.45) is 2.99. The maximum atomic E-state index is 14.1. The first kappa shape index (κ1) is 18.1. The number of carbonyl (C=O) groups excluding carboxylic acids is 1. The van der Waals surface area contributed by atoms with E-state index in [9.17, 15) is 9.18 Å². The van der Waals surface area contributed by atoms with Crippen molar-refractivity contribution in [1.29, 1.82) is 0 Å². The first-order chi connectivity index (χ1) is 13.0. The molecule has 27 heavy (non-hydrogen) atoms. The SMILES string of the molecule is Cc1cc(CN2C[C@@H](F)C[C@H]2CN(C)C(=O)C2CCc3cccnc32)on1. The molecule has 0 N–H and O–H groups in total. The zero-order valence-corrected chi connectivity index (χ0v) is 15.8. The molecule has 2 aromatic heterocycles. The van der Waals surface area contributed by atoms with E-state index in [1.165, 1.54) is 0 Å². The maximum Gasteiger partial charge on any atom is 0.231 e. The number of rotatable bonds is 5. The molecular weight excluding hydrogens is 347 g/mol. The van der Waals surface area contributed by atoms with Gasteiger partial charge in [-0.05, 0) is 37.8 Å². The molecule has 3 heterocycles. The minimum absolute atomic E-state index is 0.0241. The van der Waals surface area contributed by atoms with E-state index in [1.54, 1.807) is 11.1 Å². The molecular formula is C20H25FN4O2.